The van der Waals surface area contributed by atoms with Gasteiger partial charge in [0.15, 0.2) is 5.82 Å². The summed E-state index contributed by atoms with van der Waals surface area (Å²) < 4.78 is 10.1. The van der Waals surface area contributed by atoms with E-state index in [0.29, 0.717) is 6.61 Å². The Bertz CT molecular complexity index is 440. The van der Waals surface area contributed by atoms with Crippen LogP contribution >= 0.6 is 0 Å². The molecule has 0 aliphatic heterocycles. The SMILES string of the molecule is CCOc1ccc(CNCCc2ncon2)cc1. The molecule has 5 nitrogen and oxygen atoms in total. The lowest BCUT2D eigenvalue weighted by Crippen LogP contribution is -2.17. The Morgan fingerprint density at radius 2 is 2.11 bits per heavy atom. The molecular weight excluding hydrogens is 230 g/mol. The minimum absolute atomic E-state index is 0.697. The van der Waals surface area contributed by atoms with Gasteiger partial charge < -0.3 is 14.6 Å². The summed E-state index contributed by atoms with van der Waals surface area (Å²) in [6.07, 6.45) is 2.12. The molecule has 0 bridgehead atoms. The van der Waals surface area contributed by atoms with Crippen LogP contribution in [-0.2, 0) is 13.0 Å². The Morgan fingerprint density at radius 3 is 2.78 bits per heavy atom. The molecule has 0 spiro atoms. The summed E-state index contributed by atoms with van der Waals surface area (Å²) >= 11 is 0. The Kier molecular flexibility index (Phi) is 4.72. The number of nitrogens with zero attached hydrogens (tertiary/aromatic N) is 2. The number of aromatic nitrogens is 2. The first-order valence-corrected chi connectivity index (χ1v) is 6.06. The molecule has 0 aliphatic carbocycles. The molecule has 1 N–H and O–H groups in total. The van der Waals surface area contributed by atoms with E-state index in [0.717, 1.165) is 31.1 Å². The second-order valence-electron chi connectivity index (χ2n) is 3.85. The highest BCUT2D eigenvalue weighted by Crippen LogP contribution is 2.11. The largest absolute Gasteiger partial charge is 0.494 e. The van der Waals surface area contributed by atoms with Crippen molar-refractivity contribution in [2.24, 2.45) is 0 Å². The minimum atomic E-state index is 0.697. The van der Waals surface area contributed by atoms with E-state index in [-0.39, 0.29) is 0 Å². The van der Waals surface area contributed by atoms with Crippen molar-refractivity contribution >= 4 is 0 Å². The zero-order chi connectivity index (χ0) is 12.6. The molecule has 0 aliphatic rings. The van der Waals surface area contributed by atoms with Crippen molar-refractivity contribution in [1.29, 1.82) is 0 Å². The predicted molar refractivity (Wildman–Crippen MR) is 67.3 cm³/mol. The molecule has 0 fully saturated rings. The Hall–Kier alpha value is -1.88. The number of ether oxygens (including phenoxy) is 1. The molecule has 2 aromatic rings. The fraction of sp³-hybridized carbons (Fsp3) is 0.385. The molecule has 96 valence electrons. The van der Waals surface area contributed by atoms with Crippen LogP contribution in [0.2, 0.25) is 0 Å². The maximum Gasteiger partial charge on any atom is 0.213 e. The van der Waals surface area contributed by atoms with E-state index in [4.69, 9.17) is 4.74 Å². The standard InChI is InChI=1S/C13H17N3O2/c1-2-17-12-5-3-11(4-6-12)9-14-8-7-13-15-10-18-16-13/h3-6,10,14H,2,7-9H2,1H3. The first kappa shape index (κ1) is 12.6. The van der Waals surface area contributed by atoms with Gasteiger partial charge in [-0.2, -0.15) is 4.98 Å². The fourth-order valence-corrected chi connectivity index (χ4v) is 1.61. The summed E-state index contributed by atoms with van der Waals surface area (Å²) in [6, 6.07) is 8.10. The molecular formula is C13H17N3O2. The zero-order valence-electron chi connectivity index (χ0n) is 10.4. The van der Waals surface area contributed by atoms with Gasteiger partial charge in [-0.25, -0.2) is 0 Å². The second-order valence-corrected chi connectivity index (χ2v) is 3.85. The number of hydrogen-bond donors (Lipinski definition) is 1. The van der Waals surface area contributed by atoms with Crippen molar-refractivity contribution < 1.29 is 9.26 Å². The van der Waals surface area contributed by atoms with E-state index in [1.54, 1.807) is 0 Å². The van der Waals surface area contributed by atoms with Gasteiger partial charge in [-0.15, -0.1) is 0 Å². The average Bonchev–Trinajstić information content (AvgIpc) is 2.90. The average molecular weight is 247 g/mol. The molecule has 0 radical (unpaired) electrons. The van der Waals surface area contributed by atoms with Gasteiger partial charge in [0.1, 0.15) is 5.75 Å². The Morgan fingerprint density at radius 1 is 1.28 bits per heavy atom. The molecule has 18 heavy (non-hydrogen) atoms. The monoisotopic (exact) mass is 247 g/mol. The molecule has 0 unspecified atom stereocenters. The molecule has 2 rings (SSSR count). The van der Waals surface area contributed by atoms with Gasteiger partial charge in [-0.1, -0.05) is 17.3 Å². The van der Waals surface area contributed by atoms with Gasteiger partial charge in [-0.05, 0) is 24.6 Å². The Balaban J connectivity index is 1.69. The van der Waals surface area contributed by atoms with Crippen LogP contribution in [0, 0.1) is 0 Å². The third kappa shape index (κ3) is 3.85. The third-order valence-electron chi connectivity index (χ3n) is 2.50. The van der Waals surface area contributed by atoms with Crippen molar-refractivity contribution in [3.05, 3.63) is 42.0 Å². The van der Waals surface area contributed by atoms with E-state index in [1.165, 1.54) is 12.0 Å². The number of benzene rings is 1. The van der Waals surface area contributed by atoms with Crippen LogP contribution < -0.4 is 10.1 Å². The number of nitrogens with one attached hydrogen (secondary N) is 1. The smallest absolute Gasteiger partial charge is 0.213 e. The van der Waals surface area contributed by atoms with E-state index in [9.17, 15) is 0 Å². The van der Waals surface area contributed by atoms with Crippen LogP contribution in [0.15, 0.2) is 35.2 Å². The van der Waals surface area contributed by atoms with Crippen molar-refractivity contribution in [3.8, 4) is 5.75 Å². The molecule has 0 amide bonds. The highest BCUT2D eigenvalue weighted by molar-refractivity contribution is 5.27. The number of rotatable bonds is 7. The van der Waals surface area contributed by atoms with Gasteiger partial charge in [0.25, 0.3) is 0 Å². The summed E-state index contributed by atoms with van der Waals surface area (Å²) in [5, 5.41) is 7.08. The van der Waals surface area contributed by atoms with Crippen molar-refractivity contribution in [1.82, 2.24) is 15.5 Å². The summed E-state index contributed by atoms with van der Waals surface area (Å²) in [6.45, 7) is 4.33. The normalized spacial score (nSPS) is 10.5. The van der Waals surface area contributed by atoms with Crippen molar-refractivity contribution in [2.75, 3.05) is 13.2 Å². The predicted octanol–water partition coefficient (Wildman–Crippen LogP) is 1.80. The molecule has 0 saturated heterocycles. The second kappa shape index (κ2) is 6.76. The molecule has 1 aromatic heterocycles. The maximum absolute atomic E-state index is 5.39. The summed E-state index contributed by atoms with van der Waals surface area (Å²) in [5.41, 5.74) is 1.23. The zero-order valence-corrected chi connectivity index (χ0v) is 10.4. The van der Waals surface area contributed by atoms with Gasteiger partial charge in [0.2, 0.25) is 6.39 Å². The van der Waals surface area contributed by atoms with Gasteiger partial charge in [0.05, 0.1) is 6.61 Å². The maximum atomic E-state index is 5.39. The van der Waals surface area contributed by atoms with Gasteiger partial charge >= 0.3 is 0 Å². The molecule has 1 aromatic carbocycles. The lowest BCUT2D eigenvalue weighted by atomic mass is 10.2. The topological polar surface area (TPSA) is 60.2 Å². The van der Waals surface area contributed by atoms with Gasteiger partial charge in [-0.3, -0.25) is 0 Å². The number of hydrogen-bond acceptors (Lipinski definition) is 5. The summed E-state index contributed by atoms with van der Waals surface area (Å²) in [5.74, 6) is 1.64. The summed E-state index contributed by atoms with van der Waals surface area (Å²) in [4.78, 5) is 3.96. The fourth-order valence-electron chi connectivity index (χ4n) is 1.61. The van der Waals surface area contributed by atoms with E-state index in [1.807, 2.05) is 19.1 Å². The van der Waals surface area contributed by atoms with Crippen LogP contribution in [0.5, 0.6) is 5.75 Å². The molecule has 1 heterocycles. The third-order valence-corrected chi connectivity index (χ3v) is 2.50. The Labute approximate surface area is 106 Å². The first-order chi connectivity index (χ1) is 8.88. The molecule has 0 saturated carbocycles. The first-order valence-electron chi connectivity index (χ1n) is 6.06. The van der Waals surface area contributed by atoms with Gasteiger partial charge in [0, 0.05) is 19.5 Å². The van der Waals surface area contributed by atoms with Crippen LogP contribution in [0.3, 0.4) is 0 Å². The van der Waals surface area contributed by atoms with E-state index < -0.39 is 0 Å². The van der Waals surface area contributed by atoms with Crippen LogP contribution in [0.4, 0.5) is 0 Å². The van der Waals surface area contributed by atoms with Crippen molar-refractivity contribution in [3.63, 3.8) is 0 Å². The van der Waals surface area contributed by atoms with E-state index >= 15 is 0 Å². The quantitative estimate of drug-likeness (QED) is 0.756. The summed E-state index contributed by atoms with van der Waals surface area (Å²) in [7, 11) is 0. The molecule has 5 heteroatoms. The lowest BCUT2D eigenvalue weighted by molar-refractivity contribution is 0.340. The van der Waals surface area contributed by atoms with Crippen LogP contribution in [0.25, 0.3) is 0 Å². The minimum Gasteiger partial charge on any atom is -0.494 e. The molecule has 0 atom stereocenters. The highest BCUT2D eigenvalue weighted by atomic mass is 16.5. The highest BCUT2D eigenvalue weighted by Gasteiger charge is 1.98. The lowest BCUT2D eigenvalue weighted by Gasteiger charge is -2.06. The van der Waals surface area contributed by atoms with Crippen LogP contribution in [-0.4, -0.2) is 23.3 Å². The van der Waals surface area contributed by atoms with Crippen molar-refractivity contribution in [2.45, 2.75) is 19.9 Å². The van der Waals surface area contributed by atoms with Crippen LogP contribution in [0.1, 0.15) is 18.3 Å². The van der Waals surface area contributed by atoms with E-state index in [2.05, 4.69) is 32.1 Å².